The fraction of sp³-hybridized carbons (Fsp3) is 0.357. The lowest BCUT2D eigenvalue weighted by atomic mass is 10.0. The van der Waals surface area contributed by atoms with Crippen LogP contribution in [0.2, 0.25) is 0 Å². The van der Waals surface area contributed by atoms with Crippen molar-refractivity contribution in [1.82, 2.24) is 19.7 Å². The molecule has 98 valence electrons. The molecule has 3 heterocycles. The molecule has 1 aliphatic heterocycles. The van der Waals surface area contributed by atoms with Crippen molar-refractivity contribution >= 4 is 5.91 Å². The highest BCUT2D eigenvalue weighted by atomic mass is 16.2. The zero-order valence-corrected chi connectivity index (χ0v) is 11.1. The molecule has 0 atom stereocenters. The minimum atomic E-state index is 0.0435. The second-order valence-corrected chi connectivity index (χ2v) is 4.85. The summed E-state index contributed by atoms with van der Waals surface area (Å²) in [4.78, 5) is 18.3. The number of hydrogen-bond donors (Lipinski definition) is 0. The third kappa shape index (κ3) is 2.01. The summed E-state index contributed by atoms with van der Waals surface area (Å²) >= 11 is 0. The maximum absolute atomic E-state index is 12.4. The largest absolute Gasteiger partial charge is 0.334 e. The van der Waals surface area contributed by atoms with Crippen LogP contribution in [0.25, 0.3) is 0 Å². The maximum Gasteiger partial charge on any atom is 0.255 e. The molecule has 5 heteroatoms. The molecular formula is C14H16N4O. The Bertz CT molecular complexity index is 618. The molecule has 19 heavy (non-hydrogen) atoms. The number of carbonyl (C=O) groups excluding carboxylic acids is 1. The van der Waals surface area contributed by atoms with Crippen LogP contribution in [0.5, 0.6) is 0 Å². The van der Waals surface area contributed by atoms with Crippen LogP contribution in [0.15, 0.2) is 24.5 Å². The van der Waals surface area contributed by atoms with E-state index in [2.05, 4.69) is 10.1 Å². The van der Waals surface area contributed by atoms with Gasteiger partial charge >= 0.3 is 0 Å². The summed E-state index contributed by atoms with van der Waals surface area (Å²) in [6.07, 6.45) is 4.12. The van der Waals surface area contributed by atoms with Gasteiger partial charge in [-0.1, -0.05) is 0 Å². The van der Waals surface area contributed by atoms with Crippen molar-refractivity contribution in [1.29, 1.82) is 0 Å². The van der Waals surface area contributed by atoms with E-state index in [4.69, 9.17) is 0 Å². The summed E-state index contributed by atoms with van der Waals surface area (Å²) in [6.45, 7) is 3.41. The average Bonchev–Trinajstić information content (AvgIpc) is 2.74. The second kappa shape index (κ2) is 4.50. The van der Waals surface area contributed by atoms with Crippen LogP contribution in [0.4, 0.5) is 0 Å². The number of pyridine rings is 1. The lowest BCUT2D eigenvalue weighted by Crippen LogP contribution is -2.36. The van der Waals surface area contributed by atoms with Gasteiger partial charge in [0.25, 0.3) is 5.91 Å². The monoisotopic (exact) mass is 256 g/mol. The van der Waals surface area contributed by atoms with Crippen LogP contribution in [0.3, 0.4) is 0 Å². The second-order valence-electron chi connectivity index (χ2n) is 4.85. The summed E-state index contributed by atoms with van der Waals surface area (Å²) in [6, 6.07) is 3.60. The third-order valence-corrected chi connectivity index (χ3v) is 3.70. The van der Waals surface area contributed by atoms with Gasteiger partial charge in [-0.3, -0.25) is 14.5 Å². The Labute approximate surface area is 111 Å². The van der Waals surface area contributed by atoms with Crippen LogP contribution < -0.4 is 0 Å². The summed E-state index contributed by atoms with van der Waals surface area (Å²) in [7, 11) is 1.95. The Balaban J connectivity index is 1.86. The maximum atomic E-state index is 12.4. The smallest absolute Gasteiger partial charge is 0.255 e. The van der Waals surface area contributed by atoms with Crippen LogP contribution in [0, 0.1) is 6.92 Å². The first kappa shape index (κ1) is 11.9. The van der Waals surface area contributed by atoms with E-state index in [-0.39, 0.29) is 5.91 Å². The summed E-state index contributed by atoms with van der Waals surface area (Å²) in [5, 5.41) is 4.48. The van der Waals surface area contributed by atoms with Gasteiger partial charge < -0.3 is 4.90 Å². The Kier molecular flexibility index (Phi) is 2.81. The predicted molar refractivity (Wildman–Crippen MR) is 70.6 cm³/mol. The van der Waals surface area contributed by atoms with Gasteiger partial charge in [-0.05, 0) is 19.1 Å². The van der Waals surface area contributed by atoms with Gasteiger partial charge in [0.1, 0.15) is 0 Å². The van der Waals surface area contributed by atoms with E-state index in [0.29, 0.717) is 12.1 Å². The number of rotatable bonds is 1. The van der Waals surface area contributed by atoms with E-state index in [9.17, 15) is 4.79 Å². The molecule has 2 aromatic heterocycles. The van der Waals surface area contributed by atoms with Crippen molar-refractivity contribution in [2.75, 3.05) is 6.54 Å². The Morgan fingerprint density at radius 3 is 3.00 bits per heavy atom. The molecule has 0 radical (unpaired) electrons. The summed E-state index contributed by atoms with van der Waals surface area (Å²) in [5.41, 5.74) is 4.09. The van der Waals surface area contributed by atoms with Crippen LogP contribution in [-0.2, 0) is 20.0 Å². The van der Waals surface area contributed by atoms with Gasteiger partial charge in [0.2, 0.25) is 0 Å². The number of amides is 1. The first-order valence-corrected chi connectivity index (χ1v) is 6.37. The highest BCUT2D eigenvalue weighted by molar-refractivity contribution is 5.94. The van der Waals surface area contributed by atoms with Crippen LogP contribution >= 0.6 is 0 Å². The lowest BCUT2D eigenvalue weighted by molar-refractivity contribution is 0.0733. The molecule has 0 saturated heterocycles. The van der Waals surface area contributed by atoms with Crippen LogP contribution in [-0.4, -0.2) is 32.1 Å². The molecule has 0 spiro atoms. The fourth-order valence-electron chi connectivity index (χ4n) is 2.48. The number of aryl methyl sites for hydroxylation is 1. The van der Waals surface area contributed by atoms with Gasteiger partial charge in [-0.2, -0.15) is 5.10 Å². The molecule has 0 aromatic carbocycles. The molecule has 1 aliphatic rings. The molecule has 5 nitrogen and oxygen atoms in total. The zero-order chi connectivity index (χ0) is 13.4. The topological polar surface area (TPSA) is 51.0 Å². The quantitative estimate of drug-likeness (QED) is 0.773. The molecule has 0 unspecified atom stereocenters. The highest BCUT2D eigenvalue weighted by Crippen LogP contribution is 2.22. The van der Waals surface area contributed by atoms with Gasteiger partial charge in [0, 0.05) is 50.2 Å². The molecular weight excluding hydrogens is 240 g/mol. The van der Waals surface area contributed by atoms with Crippen molar-refractivity contribution < 1.29 is 4.79 Å². The number of fused-ring (bicyclic) bond motifs is 1. The number of carbonyl (C=O) groups is 1. The lowest BCUT2D eigenvalue weighted by Gasteiger charge is -2.26. The first-order valence-electron chi connectivity index (χ1n) is 6.37. The molecule has 2 aromatic rings. The highest BCUT2D eigenvalue weighted by Gasteiger charge is 2.25. The van der Waals surface area contributed by atoms with Gasteiger partial charge in [0.15, 0.2) is 0 Å². The van der Waals surface area contributed by atoms with Gasteiger partial charge in [-0.15, -0.1) is 0 Å². The van der Waals surface area contributed by atoms with Crippen molar-refractivity contribution in [3.63, 3.8) is 0 Å². The first-order chi connectivity index (χ1) is 9.16. The minimum Gasteiger partial charge on any atom is -0.334 e. The molecule has 0 bridgehead atoms. The Morgan fingerprint density at radius 2 is 2.26 bits per heavy atom. The summed E-state index contributed by atoms with van der Waals surface area (Å²) in [5.74, 6) is 0.0435. The third-order valence-electron chi connectivity index (χ3n) is 3.70. The van der Waals surface area contributed by atoms with E-state index in [1.165, 1.54) is 5.56 Å². The van der Waals surface area contributed by atoms with E-state index in [1.807, 2.05) is 23.6 Å². The van der Waals surface area contributed by atoms with Crippen LogP contribution in [0.1, 0.15) is 27.3 Å². The molecule has 0 saturated carbocycles. The predicted octanol–water partition coefficient (Wildman–Crippen LogP) is 1.32. The summed E-state index contributed by atoms with van der Waals surface area (Å²) < 4.78 is 1.89. The number of nitrogens with zero attached hydrogens (tertiary/aromatic N) is 4. The van der Waals surface area contributed by atoms with Crippen molar-refractivity contribution in [3.05, 3.63) is 47.0 Å². The molecule has 0 aliphatic carbocycles. The molecule has 1 amide bonds. The fourth-order valence-corrected chi connectivity index (χ4v) is 2.48. The molecule has 3 rings (SSSR count). The Morgan fingerprint density at radius 1 is 1.42 bits per heavy atom. The van der Waals surface area contributed by atoms with E-state index >= 15 is 0 Å². The number of aromatic nitrogens is 3. The average molecular weight is 256 g/mol. The number of hydrogen-bond acceptors (Lipinski definition) is 3. The normalized spacial score (nSPS) is 14.3. The van der Waals surface area contributed by atoms with Gasteiger partial charge in [-0.25, -0.2) is 0 Å². The minimum absolute atomic E-state index is 0.0435. The molecule has 0 N–H and O–H groups in total. The van der Waals surface area contributed by atoms with E-state index in [1.54, 1.807) is 24.5 Å². The zero-order valence-electron chi connectivity index (χ0n) is 11.1. The van der Waals surface area contributed by atoms with Gasteiger partial charge in [0.05, 0.1) is 11.3 Å². The standard InChI is InChI=1S/C14H16N4O/c1-10-12-9-18(7-5-13(12)16-17(10)2)14(19)11-4-3-6-15-8-11/h3-4,6,8H,5,7,9H2,1-2H3. The van der Waals surface area contributed by atoms with Crippen molar-refractivity contribution in [2.45, 2.75) is 19.9 Å². The Hall–Kier alpha value is -2.17. The van der Waals surface area contributed by atoms with Crippen molar-refractivity contribution in [2.24, 2.45) is 7.05 Å². The molecule has 0 fully saturated rings. The van der Waals surface area contributed by atoms with E-state index < -0.39 is 0 Å². The van der Waals surface area contributed by atoms with E-state index in [0.717, 1.165) is 24.4 Å². The SMILES string of the molecule is Cc1c2c(nn1C)CCN(C(=O)c1cccnc1)C2. The van der Waals surface area contributed by atoms with Crippen molar-refractivity contribution in [3.8, 4) is 0 Å².